The molecule has 7 nitrogen and oxygen atoms in total. The number of halogens is 5. The first-order valence-corrected chi connectivity index (χ1v) is 14.0. The summed E-state index contributed by atoms with van der Waals surface area (Å²) in [7, 11) is -4.18. The van der Waals surface area contributed by atoms with E-state index >= 15 is 0 Å². The highest BCUT2D eigenvalue weighted by atomic mass is 35.5. The van der Waals surface area contributed by atoms with E-state index in [1.54, 1.807) is 13.0 Å². The number of carbonyl (C=O) groups is 2. The van der Waals surface area contributed by atoms with Gasteiger partial charge < -0.3 is 10.2 Å². The van der Waals surface area contributed by atoms with Crippen molar-refractivity contribution in [2.24, 2.45) is 0 Å². The molecular formula is C24H28Cl2F3N3O4S. The van der Waals surface area contributed by atoms with Crippen LogP contribution in [0, 0.1) is 0 Å². The highest BCUT2D eigenvalue weighted by molar-refractivity contribution is 7.92. The Hall–Kier alpha value is -2.50. The number of benzene rings is 2. The summed E-state index contributed by atoms with van der Waals surface area (Å²) < 4.78 is 65.5. The lowest BCUT2D eigenvalue weighted by molar-refractivity contribution is -0.140. The van der Waals surface area contributed by atoms with Crippen LogP contribution < -0.4 is 9.62 Å². The Morgan fingerprint density at radius 1 is 1.05 bits per heavy atom. The maximum atomic E-state index is 13.5. The molecular weight excluding hydrogens is 554 g/mol. The van der Waals surface area contributed by atoms with E-state index in [2.05, 4.69) is 5.32 Å². The molecule has 13 heteroatoms. The standard InChI is InChI=1S/C24H28Cl2F3N3O4S/c1-4-11-30-23(34)21(5-2)31(14-16-9-10-19(25)20(26)12-16)22(33)15-32(37(3,35)36)18-8-6-7-17(13-18)24(27,28)29/h6-10,12-13,21H,4-5,11,14-15H2,1-3H3,(H,30,34)/t21-/m1/s1. The van der Waals surface area contributed by atoms with Crippen molar-refractivity contribution in [1.29, 1.82) is 0 Å². The first-order chi connectivity index (χ1) is 17.2. The van der Waals surface area contributed by atoms with Crippen molar-refractivity contribution in [3.05, 3.63) is 63.6 Å². The maximum Gasteiger partial charge on any atom is 0.416 e. The van der Waals surface area contributed by atoms with Crippen LogP contribution in [-0.2, 0) is 32.3 Å². The van der Waals surface area contributed by atoms with Crippen molar-refractivity contribution in [2.45, 2.75) is 45.5 Å². The van der Waals surface area contributed by atoms with Crippen molar-refractivity contribution in [1.82, 2.24) is 10.2 Å². The molecule has 204 valence electrons. The molecule has 0 bridgehead atoms. The molecule has 0 radical (unpaired) electrons. The third kappa shape index (κ3) is 8.51. The van der Waals surface area contributed by atoms with Gasteiger partial charge in [0.25, 0.3) is 0 Å². The molecule has 2 aromatic rings. The quantitative estimate of drug-likeness (QED) is 0.399. The second kappa shape index (κ2) is 12.8. The number of nitrogens with zero attached hydrogens (tertiary/aromatic N) is 2. The third-order valence-corrected chi connectivity index (χ3v) is 7.29. The topological polar surface area (TPSA) is 86.8 Å². The highest BCUT2D eigenvalue weighted by Crippen LogP contribution is 2.32. The van der Waals surface area contributed by atoms with Gasteiger partial charge in [0.05, 0.1) is 27.6 Å². The van der Waals surface area contributed by atoms with Gasteiger partial charge in [-0.2, -0.15) is 13.2 Å². The second-order valence-electron chi connectivity index (χ2n) is 8.30. The van der Waals surface area contributed by atoms with Crippen LogP contribution in [0.25, 0.3) is 0 Å². The number of amides is 2. The molecule has 0 fully saturated rings. The SMILES string of the molecule is CCCNC(=O)[C@@H](CC)N(Cc1ccc(Cl)c(Cl)c1)C(=O)CN(c1cccc(C(F)(F)F)c1)S(C)(=O)=O. The molecule has 0 aliphatic carbocycles. The third-order valence-electron chi connectivity index (χ3n) is 5.41. The van der Waals surface area contributed by atoms with Crippen LogP contribution in [0.3, 0.4) is 0 Å². The molecule has 0 spiro atoms. The maximum absolute atomic E-state index is 13.5. The number of alkyl halides is 3. The number of rotatable bonds is 11. The lowest BCUT2D eigenvalue weighted by Gasteiger charge is -2.33. The van der Waals surface area contributed by atoms with E-state index in [0.29, 0.717) is 28.9 Å². The number of carbonyl (C=O) groups excluding carboxylic acids is 2. The molecule has 0 saturated carbocycles. The van der Waals surface area contributed by atoms with Crippen molar-refractivity contribution >= 4 is 50.7 Å². The summed E-state index contributed by atoms with van der Waals surface area (Å²) in [5.74, 6) is -1.23. The number of nitrogens with one attached hydrogen (secondary N) is 1. The van der Waals surface area contributed by atoms with E-state index in [1.807, 2.05) is 6.92 Å². The fraction of sp³-hybridized carbons (Fsp3) is 0.417. The zero-order valence-corrected chi connectivity index (χ0v) is 22.8. The lowest BCUT2D eigenvalue weighted by Crippen LogP contribution is -2.52. The Morgan fingerprint density at radius 3 is 2.27 bits per heavy atom. The Morgan fingerprint density at radius 2 is 1.73 bits per heavy atom. The van der Waals surface area contributed by atoms with Gasteiger partial charge in [0.1, 0.15) is 12.6 Å². The molecule has 2 aromatic carbocycles. The molecule has 0 unspecified atom stereocenters. The highest BCUT2D eigenvalue weighted by Gasteiger charge is 2.34. The summed E-state index contributed by atoms with van der Waals surface area (Å²) in [6.07, 6.45) is -3.08. The molecule has 1 N–H and O–H groups in total. The molecule has 0 saturated heterocycles. The minimum atomic E-state index is -4.71. The molecule has 0 aliphatic heterocycles. The molecule has 37 heavy (non-hydrogen) atoms. The van der Waals surface area contributed by atoms with Gasteiger partial charge in [0.15, 0.2) is 0 Å². The summed E-state index contributed by atoms with van der Waals surface area (Å²) in [5.41, 5.74) is -0.873. The zero-order chi connectivity index (χ0) is 28.0. The largest absolute Gasteiger partial charge is 0.416 e. The summed E-state index contributed by atoms with van der Waals surface area (Å²) in [6.45, 7) is 2.97. The van der Waals surface area contributed by atoms with Crippen molar-refractivity contribution < 1.29 is 31.2 Å². The van der Waals surface area contributed by atoms with Crippen molar-refractivity contribution in [2.75, 3.05) is 23.7 Å². The monoisotopic (exact) mass is 581 g/mol. The predicted molar refractivity (Wildman–Crippen MR) is 138 cm³/mol. The van der Waals surface area contributed by atoms with Crippen LogP contribution in [0.5, 0.6) is 0 Å². The lowest BCUT2D eigenvalue weighted by atomic mass is 10.1. The number of anilines is 1. The average molecular weight is 582 g/mol. The van der Waals surface area contributed by atoms with Crippen LogP contribution in [0.4, 0.5) is 18.9 Å². The number of sulfonamides is 1. The average Bonchev–Trinajstić information content (AvgIpc) is 2.81. The summed E-state index contributed by atoms with van der Waals surface area (Å²) >= 11 is 12.1. The van der Waals surface area contributed by atoms with E-state index in [0.717, 1.165) is 24.5 Å². The Labute approximate surface area is 224 Å². The van der Waals surface area contributed by atoms with Gasteiger partial charge in [-0.1, -0.05) is 49.2 Å². The molecule has 2 amide bonds. The summed E-state index contributed by atoms with van der Waals surface area (Å²) in [6, 6.07) is 7.34. The molecule has 0 aliphatic rings. The van der Waals surface area contributed by atoms with Gasteiger partial charge in [-0.05, 0) is 48.7 Å². The van der Waals surface area contributed by atoms with Gasteiger partial charge in [0.2, 0.25) is 21.8 Å². The van der Waals surface area contributed by atoms with Gasteiger partial charge in [-0.3, -0.25) is 13.9 Å². The van der Waals surface area contributed by atoms with Crippen LogP contribution in [0.2, 0.25) is 10.0 Å². The van der Waals surface area contributed by atoms with Gasteiger partial charge in [-0.25, -0.2) is 8.42 Å². The molecule has 0 aromatic heterocycles. The number of hydrogen-bond acceptors (Lipinski definition) is 4. The molecule has 0 heterocycles. The smallest absolute Gasteiger partial charge is 0.354 e. The van der Waals surface area contributed by atoms with Crippen LogP contribution in [0.1, 0.15) is 37.8 Å². The van der Waals surface area contributed by atoms with E-state index in [-0.39, 0.29) is 28.7 Å². The second-order valence-corrected chi connectivity index (χ2v) is 11.0. The van der Waals surface area contributed by atoms with E-state index in [4.69, 9.17) is 23.2 Å². The first-order valence-electron chi connectivity index (χ1n) is 11.3. The Balaban J connectivity index is 2.50. The van der Waals surface area contributed by atoms with E-state index in [1.165, 1.54) is 17.0 Å². The van der Waals surface area contributed by atoms with Crippen molar-refractivity contribution in [3.63, 3.8) is 0 Å². The minimum absolute atomic E-state index is 0.117. The first kappa shape index (κ1) is 30.7. The Bertz CT molecular complexity index is 1230. The van der Waals surface area contributed by atoms with Gasteiger partial charge in [0, 0.05) is 13.1 Å². The number of hydrogen-bond donors (Lipinski definition) is 1. The molecule has 2 rings (SSSR count). The van der Waals surface area contributed by atoms with Gasteiger partial charge in [-0.15, -0.1) is 0 Å². The summed E-state index contributed by atoms with van der Waals surface area (Å²) in [5, 5.41) is 3.23. The van der Waals surface area contributed by atoms with Crippen LogP contribution >= 0.6 is 23.2 Å². The fourth-order valence-corrected chi connectivity index (χ4v) is 4.73. The minimum Gasteiger partial charge on any atom is -0.354 e. The van der Waals surface area contributed by atoms with Crippen molar-refractivity contribution in [3.8, 4) is 0 Å². The van der Waals surface area contributed by atoms with Crippen LogP contribution in [-0.4, -0.2) is 50.5 Å². The van der Waals surface area contributed by atoms with Gasteiger partial charge >= 0.3 is 6.18 Å². The summed E-state index contributed by atoms with van der Waals surface area (Å²) in [4.78, 5) is 27.6. The fourth-order valence-electron chi connectivity index (χ4n) is 3.57. The van der Waals surface area contributed by atoms with E-state index < -0.39 is 46.2 Å². The molecule has 1 atom stereocenters. The van der Waals surface area contributed by atoms with E-state index in [9.17, 15) is 31.2 Å². The normalized spacial score (nSPS) is 12.6. The van der Waals surface area contributed by atoms with Crippen LogP contribution in [0.15, 0.2) is 42.5 Å². The predicted octanol–water partition coefficient (Wildman–Crippen LogP) is 5.11. The Kier molecular flexibility index (Phi) is 10.7. The zero-order valence-electron chi connectivity index (χ0n) is 20.5.